The molecule has 8 heteroatoms. The Labute approximate surface area is 158 Å². The van der Waals surface area contributed by atoms with E-state index in [0.717, 1.165) is 5.56 Å². The Hall–Kier alpha value is -2.87. The first-order valence-corrected chi connectivity index (χ1v) is 10.1. The second kappa shape index (κ2) is 7.79. The van der Waals surface area contributed by atoms with E-state index >= 15 is 0 Å². The molecule has 142 valence electrons. The van der Waals surface area contributed by atoms with Crippen LogP contribution >= 0.6 is 0 Å². The lowest BCUT2D eigenvalue weighted by Crippen LogP contribution is -2.13. The van der Waals surface area contributed by atoms with Crippen LogP contribution in [0.25, 0.3) is 11.5 Å². The summed E-state index contributed by atoms with van der Waals surface area (Å²) >= 11 is 0. The van der Waals surface area contributed by atoms with Crippen LogP contribution in [0.4, 0.5) is 5.69 Å². The minimum Gasteiger partial charge on any atom is -0.493 e. The number of benzene rings is 2. The van der Waals surface area contributed by atoms with Crippen molar-refractivity contribution in [3.05, 3.63) is 53.9 Å². The highest BCUT2D eigenvalue weighted by Crippen LogP contribution is 2.32. The lowest BCUT2D eigenvalue weighted by Gasteiger charge is -2.12. The van der Waals surface area contributed by atoms with E-state index in [9.17, 15) is 8.42 Å². The summed E-state index contributed by atoms with van der Waals surface area (Å²) in [7, 11) is -3.79. The summed E-state index contributed by atoms with van der Waals surface area (Å²) in [6.07, 6.45) is 0.611. The van der Waals surface area contributed by atoms with Gasteiger partial charge in [0.15, 0.2) is 5.82 Å². The lowest BCUT2D eigenvalue weighted by atomic mass is 10.2. The second-order valence-electron chi connectivity index (χ2n) is 5.94. The summed E-state index contributed by atoms with van der Waals surface area (Å²) in [6, 6.07) is 11.7. The van der Waals surface area contributed by atoms with Crippen LogP contribution in [0, 0.1) is 6.92 Å². The van der Waals surface area contributed by atoms with Crippen LogP contribution in [-0.4, -0.2) is 25.2 Å². The van der Waals surface area contributed by atoms with Crippen molar-refractivity contribution >= 4 is 15.7 Å². The third kappa shape index (κ3) is 4.28. The summed E-state index contributed by atoms with van der Waals surface area (Å²) in [4.78, 5) is 4.37. The van der Waals surface area contributed by atoms with E-state index in [2.05, 4.69) is 14.9 Å². The second-order valence-corrected chi connectivity index (χ2v) is 7.62. The first-order chi connectivity index (χ1) is 12.9. The predicted molar refractivity (Wildman–Crippen MR) is 102 cm³/mol. The van der Waals surface area contributed by atoms with Gasteiger partial charge in [-0.3, -0.25) is 4.72 Å². The van der Waals surface area contributed by atoms with Crippen LogP contribution in [0.15, 0.2) is 51.9 Å². The van der Waals surface area contributed by atoms with Gasteiger partial charge in [0.1, 0.15) is 5.75 Å². The van der Waals surface area contributed by atoms with Crippen molar-refractivity contribution in [2.24, 2.45) is 0 Å². The largest absolute Gasteiger partial charge is 0.493 e. The average molecular weight is 387 g/mol. The van der Waals surface area contributed by atoms with Crippen LogP contribution in [0.5, 0.6) is 5.75 Å². The predicted octanol–water partition coefficient (Wildman–Crippen LogP) is 3.81. The molecular weight excluding hydrogens is 366 g/mol. The highest BCUT2D eigenvalue weighted by Gasteiger charge is 2.20. The molecule has 27 heavy (non-hydrogen) atoms. The van der Waals surface area contributed by atoms with Gasteiger partial charge >= 0.3 is 0 Å². The van der Waals surface area contributed by atoms with Gasteiger partial charge in [0.25, 0.3) is 15.9 Å². The Kier molecular flexibility index (Phi) is 5.46. The molecule has 0 bridgehead atoms. The summed E-state index contributed by atoms with van der Waals surface area (Å²) in [6.45, 7) is 6.08. The Balaban J connectivity index is 2.01. The zero-order chi connectivity index (χ0) is 19.4. The molecule has 0 unspecified atom stereocenters. The standard InChI is InChI=1S/C19H21N3O4S/c1-4-18-20-19(26-21-18)16-12-15(9-10-17(16)25-5-2)27(23,24)22-14-8-6-7-13(3)11-14/h6-12,22H,4-5H2,1-3H3. The minimum atomic E-state index is -3.79. The van der Waals surface area contributed by atoms with E-state index in [4.69, 9.17) is 9.26 Å². The maximum absolute atomic E-state index is 12.8. The van der Waals surface area contributed by atoms with Gasteiger partial charge in [-0.05, 0) is 49.7 Å². The molecule has 1 N–H and O–H groups in total. The lowest BCUT2D eigenvalue weighted by molar-refractivity contribution is 0.339. The van der Waals surface area contributed by atoms with E-state index < -0.39 is 10.0 Å². The minimum absolute atomic E-state index is 0.0821. The van der Waals surface area contributed by atoms with Gasteiger partial charge in [0, 0.05) is 12.1 Å². The fourth-order valence-corrected chi connectivity index (χ4v) is 3.63. The SMILES string of the molecule is CCOc1ccc(S(=O)(=O)Nc2cccc(C)c2)cc1-c1nc(CC)no1. The average Bonchev–Trinajstić information content (AvgIpc) is 3.11. The van der Waals surface area contributed by atoms with Crippen molar-refractivity contribution in [1.29, 1.82) is 0 Å². The monoisotopic (exact) mass is 387 g/mol. The number of aromatic nitrogens is 2. The number of rotatable bonds is 7. The van der Waals surface area contributed by atoms with Crippen LogP contribution < -0.4 is 9.46 Å². The van der Waals surface area contributed by atoms with Crippen LogP contribution in [-0.2, 0) is 16.4 Å². The summed E-state index contributed by atoms with van der Waals surface area (Å²) in [5.74, 6) is 1.25. The molecule has 0 fully saturated rings. The van der Waals surface area contributed by atoms with Gasteiger partial charge < -0.3 is 9.26 Å². The maximum Gasteiger partial charge on any atom is 0.261 e. The molecule has 7 nitrogen and oxygen atoms in total. The van der Waals surface area contributed by atoms with Crippen molar-refractivity contribution in [1.82, 2.24) is 10.1 Å². The number of nitrogens with zero attached hydrogens (tertiary/aromatic N) is 2. The zero-order valence-corrected chi connectivity index (χ0v) is 16.2. The van der Waals surface area contributed by atoms with Crippen LogP contribution in [0.3, 0.4) is 0 Å². The quantitative estimate of drug-likeness (QED) is 0.662. The van der Waals surface area contributed by atoms with Gasteiger partial charge in [-0.25, -0.2) is 8.42 Å². The molecule has 0 aliphatic rings. The van der Waals surface area contributed by atoms with Gasteiger partial charge in [0.2, 0.25) is 0 Å². The molecule has 0 radical (unpaired) electrons. The van der Waals surface area contributed by atoms with Gasteiger partial charge in [-0.2, -0.15) is 4.98 Å². The Morgan fingerprint density at radius 1 is 1.15 bits per heavy atom. The van der Waals surface area contributed by atoms with E-state index in [-0.39, 0.29) is 10.8 Å². The topological polar surface area (TPSA) is 94.3 Å². The number of hydrogen-bond donors (Lipinski definition) is 1. The molecule has 1 aromatic heterocycles. The third-order valence-corrected chi connectivity index (χ3v) is 5.23. The van der Waals surface area contributed by atoms with Crippen molar-refractivity contribution in [3.8, 4) is 17.2 Å². The number of ether oxygens (including phenoxy) is 1. The van der Waals surface area contributed by atoms with Gasteiger partial charge in [-0.1, -0.05) is 24.2 Å². The van der Waals surface area contributed by atoms with Gasteiger partial charge in [-0.15, -0.1) is 0 Å². The highest BCUT2D eigenvalue weighted by molar-refractivity contribution is 7.92. The number of sulfonamides is 1. The van der Waals surface area contributed by atoms with Crippen LogP contribution in [0.1, 0.15) is 25.2 Å². The normalized spacial score (nSPS) is 11.4. The van der Waals surface area contributed by atoms with Gasteiger partial charge in [0.05, 0.1) is 17.1 Å². The van der Waals surface area contributed by atoms with Crippen molar-refractivity contribution in [3.63, 3.8) is 0 Å². The van der Waals surface area contributed by atoms with Crippen molar-refractivity contribution in [2.75, 3.05) is 11.3 Å². The Bertz CT molecular complexity index is 1040. The molecule has 2 aromatic carbocycles. The smallest absolute Gasteiger partial charge is 0.261 e. The fraction of sp³-hybridized carbons (Fsp3) is 0.263. The maximum atomic E-state index is 12.8. The Morgan fingerprint density at radius 2 is 1.96 bits per heavy atom. The van der Waals surface area contributed by atoms with E-state index in [1.54, 1.807) is 24.3 Å². The van der Waals surface area contributed by atoms with Crippen molar-refractivity contribution in [2.45, 2.75) is 32.1 Å². The molecule has 0 atom stereocenters. The molecule has 0 spiro atoms. The van der Waals surface area contributed by atoms with Crippen LogP contribution in [0.2, 0.25) is 0 Å². The molecule has 0 amide bonds. The molecule has 0 aliphatic carbocycles. The van der Waals surface area contributed by atoms with E-state index in [0.29, 0.717) is 35.9 Å². The molecule has 0 saturated heterocycles. The number of aryl methyl sites for hydroxylation is 2. The Morgan fingerprint density at radius 3 is 2.63 bits per heavy atom. The molecule has 0 saturated carbocycles. The summed E-state index contributed by atoms with van der Waals surface area (Å²) in [5.41, 5.74) is 1.90. The molecule has 1 heterocycles. The fourth-order valence-electron chi connectivity index (χ4n) is 2.55. The first-order valence-electron chi connectivity index (χ1n) is 8.62. The summed E-state index contributed by atoms with van der Waals surface area (Å²) in [5, 5.41) is 3.87. The molecule has 3 rings (SSSR count). The highest BCUT2D eigenvalue weighted by atomic mass is 32.2. The van der Waals surface area contributed by atoms with E-state index in [1.165, 1.54) is 12.1 Å². The zero-order valence-electron chi connectivity index (χ0n) is 15.4. The first kappa shape index (κ1) is 18.9. The molecule has 3 aromatic rings. The molecule has 0 aliphatic heterocycles. The van der Waals surface area contributed by atoms with Crippen molar-refractivity contribution < 1.29 is 17.7 Å². The number of nitrogens with one attached hydrogen (secondary N) is 1. The summed E-state index contributed by atoms with van der Waals surface area (Å²) < 4.78 is 39.1. The molecular formula is C19H21N3O4S. The number of anilines is 1. The number of hydrogen-bond acceptors (Lipinski definition) is 6. The van der Waals surface area contributed by atoms with E-state index in [1.807, 2.05) is 26.8 Å². The third-order valence-electron chi connectivity index (χ3n) is 3.85.